The number of hydrogen-bond acceptors (Lipinski definition) is 3. The molecular weight excluding hydrogens is 267 g/mol. The smallest absolute Gasteiger partial charge is 0.157 e. The fourth-order valence-corrected chi connectivity index (χ4v) is 2.43. The number of aryl methyl sites for hydroxylation is 2. The van der Waals surface area contributed by atoms with Crippen LogP contribution >= 0.6 is 0 Å². The Labute approximate surface area is 122 Å². The first-order chi connectivity index (χ1) is 10.0. The predicted octanol–water partition coefficient (Wildman–Crippen LogP) is 3.12. The maximum Gasteiger partial charge on any atom is 0.157 e. The van der Waals surface area contributed by atoms with Crippen LogP contribution in [0.25, 0.3) is 5.65 Å². The highest BCUT2D eigenvalue weighted by Crippen LogP contribution is 2.19. The lowest BCUT2D eigenvalue weighted by atomic mass is 10.2. The zero-order valence-corrected chi connectivity index (χ0v) is 12.3. The molecule has 0 amide bonds. The van der Waals surface area contributed by atoms with E-state index in [0.29, 0.717) is 12.1 Å². The second-order valence-corrected chi connectivity index (χ2v) is 5.26. The van der Waals surface area contributed by atoms with Crippen molar-refractivity contribution in [1.29, 1.82) is 0 Å². The molecular formula is C16H17FN4. The molecule has 0 aliphatic rings. The van der Waals surface area contributed by atoms with Crippen molar-refractivity contribution in [3.63, 3.8) is 0 Å². The number of nitrogens with zero attached hydrogens (tertiary/aromatic N) is 4. The summed E-state index contributed by atoms with van der Waals surface area (Å²) in [5, 5.41) is 4.46. The molecule has 0 spiro atoms. The second kappa shape index (κ2) is 5.16. The van der Waals surface area contributed by atoms with E-state index in [1.807, 2.05) is 44.0 Å². The lowest BCUT2D eigenvalue weighted by molar-refractivity contribution is 0.607. The fraction of sp³-hybridized carbons (Fsp3) is 0.250. The Bertz CT molecular complexity index is 794. The molecule has 0 saturated heterocycles. The van der Waals surface area contributed by atoms with Crippen LogP contribution in [-0.4, -0.2) is 21.6 Å². The third-order valence-corrected chi connectivity index (χ3v) is 3.42. The zero-order chi connectivity index (χ0) is 15.0. The van der Waals surface area contributed by atoms with E-state index >= 15 is 0 Å². The number of rotatable bonds is 3. The summed E-state index contributed by atoms with van der Waals surface area (Å²) in [6.45, 7) is 4.36. The molecule has 3 aromatic rings. The van der Waals surface area contributed by atoms with E-state index in [2.05, 4.69) is 10.1 Å². The van der Waals surface area contributed by atoms with E-state index < -0.39 is 0 Å². The van der Waals surface area contributed by atoms with Crippen LogP contribution in [0.15, 0.2) is 36.4 Å². The lowest BCUT2D eigenvalue weighted by Crippen LogP contribution is -2.21. The van der Waals surface area contributed by atoms with Crippen molar-refractivity contribution in [2.75, 3.05) is 11.9 Å². The highest BCUT2D eigenvalue weighted by atomic mass is 19.1. The molecule has 0 unspecified atom stereocenters. The topological polar surface area (TPSA) is 33.4 Å². The summed E-state index contributed by atoms with van der Waals surface area (Å²) in [5.41, 5.74) is 3.29. The van der Waals surface area contributed by atoms with Crippen molar-refractivity contribution in [3.8, 4) is 0 Å². The van der Waals surface area contributed by atoms with Crippen LogP contribution in [-0.2, 0) is 6.54 Å². The van der Waals surface area contributed by atoms with Crippen LogP contribution in [0.3, 0.4) is 0 Å². The molecule has 0 bridgehead atoms. The Morgan fingerprint density at radius 3 is 2.67 bits per heavy atom. The SMILES string of the molecule is Cc1cc(N(C)Cc2ccccc2F)n2nc(C)cc2n1. The molecule has 0 radical (unpaired) electrons. The molecule has 2 heterocycles. The number of fused-ring (bicyclic) bond motifs is 1. The zero-order valence-electron chi connectivity index (χ0n) is 12.3. The summed E-state index contributed by atoms with van der Waals surface area (Å²) in [5.74, 6) is 0.705. The van der Waals surface area contributed by atoms with Gasteiger partial charge in [-0.25, -0.2) is 9.37 Å². The summed E-state index contributed by atoms with van der Waals surface area (Å²) < 4.78 is 15.6. The fourth-order valence-electron chi connectivity index (χ4n) is 2.43. The van der Waals surface area contributed by atoms with Crippen molar-refractivity contribution in [2.24, 2.45) is 0 Å². The highest BCUT2D eigenvalue weighted by Gasteiger charge is 2.12. The van der Waals surface area contributed by atoms with Gasteiger partial charge in [0.05, 0.1) is 5.69 Å². The Kier molecular flexibility index (Phi) is 3.33. The van der Waals surface area contributed by atoms with E-state index in [1.165, 1.54) is 6.07 Å². The highest BCUT2D eigenvalue weighted by molar-refractivity contribution is 5.51. The van der Waals surface area contributed by atoms with E-state index in [4.69, 9.17) is 0 Å². The molecule has 0 N–H and O–H groups in total. The number of anilines is 1. The molecule has 3 rings (SSSR count). The van der Waals surface area contributed by atoms with Gasteiger partial charge in [-0.1, -0.05) is 18.2 Å². The maximum absolute atomic E-state index is 13.8. The predicted molar refractivity (Wildman–Crippen MR) is 81.0 cm³/mol. The van der Waals surface area contributed by atoms with Gasteiger partial charge in [0.15, 0.2) is 5.65 Å². The van der Waals surface area contributed by atoms with Gasteiger partial charge in [0.1, 0.15) is 11.6 Å². The Hall–Kier alpha value is -2.43. The first-order valence-electron chi connectivity index (χ1n) is 6.83. The van der Waals surface area contributed by atoms with Gasteiger partial charge in [0.25, 0.3) is 0 Å². The Morgan fingerprint density at radius 2 is 1.90 bits per heavy atom. The molecule has 21 heavy (non-hydrogen) atoms. The number of benzene rings is 1. The first-order valence-corrected chi connectivity index (χ1v) is 6.83. The van der Waals surface area contributed by atoms with E-state index in [-0.39, 0.29) is 5.82 Å². The van der Waals surface area contributed by atoms with E-state index in [1.54, 1.807) is 16.6 Å². The molecule has 0 aliphatic heterocycles. The summed E-state index contributed by atoms with van der Waals surface area (Å²) in [6.07, 6.45) is 0. The van der Waals surface area contributed by atoms with Crippen LogP contribution in [0.2, 0.25) is 0 Å². The minimum Gasteiger partial charge on any atom is -0.355 e. The average molecular weight is 284 g/mol. The molecule has 0 atom stereocenters. The molecule has 5 heteroatoms. The summed E-state index contributed by atoms with van der Waals surface area (Å²) in [7, 11) is 1.93. The largest absolute Gasteiger partial charge is 0.355 e. The summed E-state index contributed by atoms with van der Waals surface area (Å²) in [6, 6.07) is 10.7. The summed E-state index contributed by atoms with van der Waals surface area (Å²) >= 11 is 0. The van der Waals surface area contributed by atoms with Crippen molar-refractivity contribution in [2.45, 2.75) is 20.4 Å². The molecule has 0 aliphatic carbocycles. The molecule has 2 aromatic heterocycles. The quantitative estimate of drug-likeness (QED) is 0.741. The molecule has 108 valence electrons. The number of aromatic nitrogens is 3. The number of halogens is 1. The second-order valence-electron chi connectivity index (χ2n) is 5.26. The average Bonchev–Trinajstić information content (AvgIpc) is 2.80. The Morgan fingerprint density at radius 1 is 1.14 bits per heavy atom. The van der Waals surface area contributed by atoms with Crippen molar-refractivity contribution in [1.82, 2.24) is 14.6 Å². The minimum absolute atomic E-state index is 0.192. The van der Waals surface area contributed by atoms with Crippen molar-refractivity contribution >= 4 is 11.5 Å². The standard InChI is InChI=1S/C16H17FN4/c1-11-9-16(21-15(18-11)8-12(2)19-21)20(3)10-13-6-4-5-7-14(13)17/h4-9H,10H2,1-3H3. The van der Waals surface area contributed by atoms with Crippen LogP contribution in [0.4, 0.5) is 10.2 Å². The van der Waals surface area contributed by atoms with Crippen LogP contribution in [0.1, 0.15) is 17.0 Å². The van der Waals surface area contributed by atoms with Gasteiger partial charge < -0.3 is 4.90 Å². The van der Waals surface area contributed by atoms with Gasteiger partial charge in [0, 0.05) is 37.0 Å². The van der Waals surface area contributed by atoms with Crippen molar-refractivity contribution in [3.05, 3.63) is 59.2 Å². The van der Waals surface area contributed by atoms with Crippen LogP contribution in [0.5, 0.6) is 0 Å². The number of hydrogen-bond donors (Lipinski definition) is 0. The minimum atomic E-state index is -0.192. The third-order valence-electron chi connectivity index (χ3n) is 3.42. The van der Waals surface area contributed by atoms with Gasteiger partial charge >= 0.3 is 0 Å². The third kappa shape index (κ3) is 2.59. The summed E-state index contributed by atoms with van der Waals surface area (Å²) in [4.78, 5) is 6.44. The van der Waals surface area contributed by atoms with Crippen LogP contribution < -0.4 is 4.90 Å². The van der Waals surface area contributed by atoms with Crippen LogP contribution in [0, 0.1) is 19.7 Å². The lowest BCUT2D eigenvalue weighted by Gasteiger charge is -2.20. The molecule has 4 nitrogen and oxygen atoms in total. The first kappa shape index (κ1) is 13.5. The van der Waals surface area contributed by atoms with Gasteiger partial charge in [-0.05, 0) is 19.9 Å². The molecule has 0 fully saturated rings. The Balaban J connectivity index is 2.01. The van der Waals surface area contributed by atoms with Gasteiger partial charge in [-0.2, -0.15) is 9.61 Å². The van der Waals surface area contributed by atoms with Gasteiger partial charge in [0.2, 0.25) is 0 Å². The molecule has 0 saturated carbocycles. The van der Waals surface area contributed by atoms with E-state index in [0.717, 1.165) is 22.9 Å². The monoisotopic (exact) mass is 284 g/mol. The van der Waals surface area contributed by atoms with Gasteiger partial charge in [-0.3, -0.25) is 0 Å². The van der Waals surface area contributed by atoms with Gasteiger partial charge in [-0.15, -0.1) is 0 Å². The normalized spacial score (nSPS) is 11.0. The molecule has 1 aromatic carbocycles. The van der Waals surface area contributed by atoms with Crippen molar-refractivity contribution < 1.29 is 4.39 Å². The maximum atomic E-state index is 13.8. The van der Waals surface area contributed by atoms with E-state index in [9.17, 15) is 4.39 Å².